The standard InChI is InChI=1S/C17H25N7O6S/c1-4-13-19-14(5-2)21-16(20-13)23-7-9-24(10-8-23)31(28,29)22-17(27)18-6-11-30-12(3)15(25)26/h4-5,12H,1-2,6-11H2,3H3,(H,25,26)(H2,18,22,27). The van der Waals surface area contributed by atoms with E-state index in [4.69, 9.17) is 9.84 Å². The van der Waals surface area contributed by atoms with Gasteiger partial charge in [-0.2, -0.15) is 22.7 Å². The fourth-order valence-electron chi connectivity index (χ4n) is 2.54. The molecule has 0 spiro atoms. The van der Waals surface area contributed by atoms with E-state index >= 15 is 0 Å². The van der Waals surface area contributed by atoms with Crippen LogP contribution in [0.25, 0.3) is 12.2 Å². The molecule has 1 atom stereocenters. The summed E-state index contributed by atoms with van der Waals surface area (Å²) in [5.74, 6) is 0.0212. The van der Waals surface area contributed by atoms with Crippen LogP contribution in [-0.4, -0.2) is 90.2 Å². The fourth-order valence-corrected chi connectivity index (χ4v) is 3.62. The van der Waals surface area contributed by atoms with Gasteiger partial charge in [0.1, 0.15) is 0 Å². The SMILES string of the molecule is C=Cc1nc(C=C)nc(N2CCN(S(=O)(=O)NC(=O)NCCOC(C)C(=O)O)CC2)n1. The van der Waals surface area contributed by atoms with Crippen molar-refractivity contribution in [2.45, 2.75) is 13.0 Å². The molecule has 1 aromatic rings. The van der Waals surface area contributed by atoms with Gasteiger partial charge in [0.15, 0.2) is 17.8 Å². The van der Waals surface area contributed by atoms with Crippen LogP contribution < -0.4 is 14.9 Å². The molecule has 0 aromatic carbocycles. The Labute approximate surface area is 180 Å². The molecule has 1 saturated heterocycles. The van der Waals surface area contributed by atoms with Gasteiger partial charge in [0.25, 0.3) is 0 Å². The third-order valence-electron chi connectivity index (χ3n) is 4.21. The average Bonchev–Trinajstić information content (AvgIpc) is 2.75. The summed E-state index contributed by atoms with van der Waals surface area (Å²) in [6.45, 7) is 9.32. The Morgan fingerprint density at radius 1 is 1.16 bits per heavy atom. The molecule has 2 amide bonds. The monoisotopic (exact) mass is 455 g/mol. The smallest absolute Gasteiger partial charge is 0.332 e. The van der Waals surface area contributed by atoms with Gasteiger partial charge in [-0.25, -0.2) is 19.3 Å². The molecule has 3 N–H and O–H groups in total. The quantitative estimate of drug-likeness (QED) is 0.384. The summed E-state index contributed by atoms with van der Waals surface area (Å²) >= 11 is 0. The van der Waals surface area contributed by atoms with E-state index in [0.717, 1.165) is 4.31 Å². The van der Waals surface area contributed by atoms with Gasteiger partial charge in [-0.05, 0) is 19.1 Å². The van der Waals surface area contributed by atoms with Gasteiger partial charge in [0, 0.05) is 32.7 Å². The Morgan fingerprint density at radius 3 is 2.26 bits per heavy atom. The van der Waals surface area contributed by atoms with Crippen LogP contribution in [0.1, 0.15) is 18.6 Å². The average molecular weight is 455 g/mol. The number of carboxylic acids is 1. The lowest BCUT2D eigenvalue weighted by Crippen LogP contribution is -2.54. The van der Waals surface area contributed by atoms with E-state index in [1.165, 1.54) is 19.1 Å². The largest absolute Gasteiger partial charge is 0.479 e. The summed E-state index contributed by atoms with van der Waals surface area (Å²) in [7, 11) is -4.06. The zero-order valence-corrected chi connectivity index (χ0v) is 17.8. The number of piperazine rings is 1. The van der Waals surface area contributed by atoms with Crippen molar-refractivity contribution in [1.82, 2.24) is 29.3 Å². The first-order valence-electron chi connectivity index (χ1n) is 9.32. The van der Waals surface area contributed by atoms with Crippen molar-refractivity contribution in [3.05, 3.63) is 24.8 Å². The third-order valence-corrected chi connectivity index (χ3v) is 5.70. The van der Waals surface area contributed by atoms with Crippen LogP contribution in [0, 0.1) is 0 Å². The molecule has 31 heavy (non-hydrogen) atoms. The summed E-state index contributed by atoms with van der Waals surface area (Å²) < 4.78 is 32.9. The number of carbonyl (C=O) groups excluding carboxylic acids is 1. The summed E-state index contributed by atoms with van der Waals surface area (Å²) in [5.41, 5.74) is 0. The molecule has 0 bridgehead atoms. The molecule has 1 aromatic heterocycles. The van der Waals surface area contributed by atoms with Crippen LogP contribution in [0.3, 0.4) is 0 Å². The van der Waals surface area contributed by atoms with Gasteiger partial charge in [0.2, 0.25) is 5.95 Å². The Balaban J connectivity index is 1.85. The van der Waals surface area contributed by atoms with E-state index < -0.39 is 28.3 Å². The first-order chi connectivity index (χ1) is 14.7. The second-order valence-electron chi connectivity index (χ2n) is 6.36. The van der Waals surface area contributed by atoms with E-state index in [9.17, 15) is 18.0 Å². The highest BCUT2D eigenvalue weighted by molar-refractivity contribution is 7.87. The van der Waals surface area contributed by atoms with Crippen molar-refractivity contribution < 1.29 is 27.9 Å². The molecule has 1 fully saturated rings. The normalized spacial score (nSPS) is 15.7. The molecule has 1 aliphatic heterocycles. The van der Waals surface area contributed by atoms with Crippen molar-refractivity contribution >= 4 is 40.3 Å². The molecule has 0 radical (unpaired) electrons. The second-order valence-corrected chi connectivity index (χ2v) is 8.03. The van der Waals surface area contributed by atoms with Gasteiger partial charge < -0.3 is 20.1 Å². The van der Waals surface area contributed by atoms with Gasteiger partial charge in [-0.1, -0.05) is 13.2 Å². The molecule has 1 aliphatic rings. The number of ether oxygens (including phenoxy) is 1. The molecular weight excluding hydrogens is 430 g/mol. The number of aliphatic carboxylic acids is 1. The van der Waals surface area contributed by atoms with Crippen molar-refractivity contribution in [2.24, 2.45) is 0 Å². The number of hydrogen-bond donors (Lipinski definition) is 3. The van der Waals surface area contributed by atoms with E-state index in [1.54, 1.807) is 4.90 Å². The van der Waals surface area contributed by atoms with Crippen molar-refractivity contribution in [2.75, 3.05) is 44.2 Å². The number of urea groups is 1. The molecule has 1 unspecified atom stereocenters. The summed E-state index contributed by atoms with van der Waals surface area (Å²) in [6.07, 6.45) is 1.93. The number of carboxylic acid groups (broad SMARTS) is 1. The molecule has 2 heterocycles. The van der Waals surface area contributed by atoms with Crippen LogP contribution in [0.5, 0.6) is 0 Å². The zero-order valence-electron chi connectivity index (χ0n) is 17.0. The highest BCUT2D eigenvalue weighted by atomic mass is 32.2. The van der Waals surface area contributed by atoms with Crippen molar-refractivity contribution in [3.8, 4) is 0 Å². The fraction of sp³-hybridized carbons (Fsp3) is 0.471. The Bertz CT molecular complexity index is 905. The minimum Gasteiger partial charge on any atom is -0.479 e. The first kappa shape index (κ1) is 24.2. The van der Waals surface area contributed by atoms with Crippen LogP contribution in [-0.2, 0) is 19.7 Å². The summed E-state index contributed by atoms with van der Waals surface area (Å²) in [6, 6.07) is -0.933. The first-order valence-corrected chi connectivity index (χ1v) is 10.8. The third kappa shape index (κ3) is 6.97. The molecular formula is C17H25N7O6S. The highest BCUT2D eigenvalue weighted by Crippen LogP contribution is 2.14. The second kappa shape index (κ2) is 10.8. The van der Waals surface area contributed by atoms with Gasteiger partial charge in [-0.15, -0.1) is 0 Å². The predicted octanol–water partition coefficient (Wildman–Crippen LogP) is -0.687. The van der Waals surface area contributed by atoms with E-state index in [1.807, 2.05) is 4.72 Å². The summed E-state index contributed by atoms with van der Waals surface area (Å²) in [4.78, 5) is 36.9. The van der Waals surface area contributed by atoms with Gasteiger partial charge in [0.05, 0.1) is 6.61 Å². The van der Waals surface area contributed by atoms with Gasteiger partial charge in [-0.3, -0.25) is 0 Å². The lowest BCUT2D eigenvalue weighted by molar-refractivity contribution is -0.148. The number of aromatic nitrogens is 3. The Morgan fingerprint density at radius 2 is 1.74 bits per heavy atom. The minimum atomic E-state index is -4.06. The topological polar surface area (TPSA) is 167 Å². The highest BCUT2D eigenvalue weighted by Gasteiger charge is 2.29. The molecule has 0 aliphatic carbocycles. The van der Waals surface area contributed by atoms with Crippen molar-refractivity contribution in [1.29, 1.82) is 0 Å². The molecule has 13 nitrogen and oxygen atoms in total. The van der Waals surface area contributed by atoms with E-state index in [2.05, 4.69) is 33.4 Å². The Kier molecular flexibility index (Phi) is 8.41. The summed E-state index contributed by atoms with van der Waals surface area (Å²) in [5, 5.41) is 11.0. The maximum Gasteiger partial charge on any atom is 0.332 e. The van der Waals surface area contributed by atoms with Crippen LogP contribution in [0.2, 0.25) is 0 Å². The number of nitrogens with zero attached hydrogens (tertiary/aromatic N) is 5. The Hall–Kier alpha value is -3.10. The van der Waals surface area contributed by atoms with Crippen molar-refractivity contribution in [3.63, 3.8) is 0 Å². The van der Waals surface area contributed by atoms with Crippen LogP contribution >= 0.6 is 0 Å². The molecule has 0 saturated carbocycles. The number of rotatable bonds is 10. The predicted molar refractivity (Wildman–Crippen MR) is 112 cm³/mol. The van der Waals surface area contributed by atoms with E-state index in [-0.39, 0.29) is 26.2 Å². The molecule has 170 valence electrons. The maximum atomic E-state index is 12.4. The van der Waals surface area contributed by atoms with Crippen LogP contribution in [0.4, 0.5) is 10.7 Å². The number of nitrogens with one attached hydrogen (secondary N) is 2. The van der Waals surface area contributed by atoms with Crippen LogP contribution in [0.15, 0.2) is 13.2 Å². The zero-order chi connectivity index (χ0) is 23.0. The maximum absolute atomic E-state index is 12.4. The minimum absolute atomic E-state index is 0.0522. The molecule has 2 rings (SSSR count). The number of anilines is 1. The lowest BCUT2D eigenvalue weighted by atomic mass is 10.4. The van der Waals surface area contributed by atoms with E-state index in [0.29, 0.717) is 30.7 Å². The number of hydrogen-bond acceptors (Lipinski definition) is 9. The number of carbonyl (C=O) groups is 2. The van der Waals surface area contributed by atoms with Gasteiger partial charge >= 0.3 is 22.2 Å². The number of amides is 2. The lowest BCUT2D eigenvalue weighted by Gasteiger charge is -2.33. The molecule has 14 heteroatoms.